The van der Waals surface area contributed by atoms with Crippen molar-refractivity contribution in [1.29, 1.82) is 0 Å². The van der Waals surface area contributed by atoms with E-state index in [4.69, 9.17) is 9.47 Å². The molecule has 5 nitrogen and oxygen atoms in total. The molecule has 24 heavy (non-hydrogen) atoms. The number of anilines is 1. The SMILES string of the molecule is CC(C)COc1cc(NCc2nn(C)c3c2COCC3)ccc1Br. The van der Waals surface area contributed by atoms with E-state index in [0.717, 1.165) is 34.6 Å². The smallest absolute Gasteiger partial charge is 0.135 e. The van der Waals surface area contributed by atoms with E-state index in [9.17, 15) is 0 Å². The van der Waals surface area contributed by atoms with Crippen LogP contribution in [-0.4, -0.2) is 23.0 Å². The van der Waals surface area contributed by atoms with Crippen LogP contribution in [0.1, 0.15) is 30.8 Å². The molecule has 1 aromatic carbocycles. The van der Waals surface area contributed by atoms with E-state index in [0.29, 0.717) is 25.7 Å². The van der Waals surface area contributed by atoms with Gasteiger partial charge in [-0.1, -0.05) is 13.8 Å². The number of ether oxygens (including phenoxy) is 2. The molecule has 1 aromatic heterocycles. The number of nitrogens with one attached hydrogen (secondary N) is 1. The van der Waals surface area contributed by atoms with Crippen LogP contribution in [0.5, 0.6) is 5.75 Å². The summed E-state index contributed by atoms with van der Waals surface area (Å²) in [7, 11) is 2.01. The fourth-order valence-corrected chi connectivity index (χ4v) is 3.16. The van der Waals surface area contributed by atoms with Crippen LogP contribution in [0.3, 0.4) is 0 Å². The molecule has 1 aliphatic heterocycles. The van der Waals surface area contributed by atoms with Crippen molar-refractivity contribution in [1.82, 2.24) is 9.78 Å². The molecule has 0 aliphatic carbocycles. The van der Waals surface area contributed by atoms with Gasteiger partial charge in [-0.25, -0.2) is 0 Å². The van der Waals surface area contributed by atoms with Crippen molar-refractivity contribution in [3.8, 4) is 5.75 Å². The predicted molar refractivity (Wildman–Crippen MR) is 98.4 cm³/mol. The third-order valence-electron chi connectivity index (χ3n) is 4.05. The number of aromatic nitrogens is 2. The first kappa shape index (κ1) is 17.3. The first-order valence-corrected chi connectivity index (χ1v) is 9.11. The van der Waals surface area contributed by atoms with Gasteiger partial charge in [0.25, 0.3) is 0 Å². The zero-order chi connectivity index (χ0) is 17.1. The van der Waals surface area contributed by atoms with Crippen molar-refractivity contribution < 1.29 is 9.47 Å². The van der Waals surface area contributed by atoms with Crippen LogP contribution in [0.4, 0.5) is 5.69 Å². The normalized spacial score (nSPS) is 13.9. The minimum absolute atomic E-state index is 0.494. The highest BCUT2D eigenvalue weighted by Gasteiger charge is 2.19. The molecule has 0 saturated carbocycles. The van der Waals surface area contributed by atoms with Crippen LogP contribution < -0.4 is 10.1 Å². The van der Waals surface area contributed by atoms with Crippen LogP contribution in [0.25, 0.3) is 0 Å². The van der Waals surface area contributed by atoms with E-state index < -0.39 is 0 Å². The Labute approximate surface area is 151 Å². The summed E-state index contributed by atoms with van der Waals surface area (Å²) < 4.78 is 14.4. The first-order chi connectivity index (χ1) is 11.5. The summed E-state index contributed by atoms with van der Waals surface area (Å²) in [5.74, 6) is 1.36. The van der Waals surface area contributed by atoms with E-state index in [-0.39, 0.29) is 0 Å². The average molecular weight is 394 g/mol. The zero-order valence-electron chi connectivity index (χ0n) is 14.4. The van der Waals surface area contributed by atoms with E-state index in [1.807, 2.05) is 29.9 Å². The molecular weight excluding hydrogens is 370 g/mol. The van der Waals surface area contributed by atoms with Crippen molar-refractivity contribution >= 4 is 21.6 Å². The lowest BCUT2D eigenvalue weighted by Gasteiger charge is -2.15. The zero-order valence-corrected chi connectivity index (χ0v) is 16.0. The van der Waals surface area contributed by atoms with E-state index in [2.05, 4.69) is 40.2 Å². The molecule has 0 bridgehead atoms. The van der Waals surface area contributed by atoms with Gasteiger partial charge in [0, 0.05) is 36.5 Å². The second-order valence-corrected chi connectivity index (χ2v) is 7.36. The second-order valence-electron chi connectivity index (χ2n) is 6.50. The fourth-order valence-electron chi connectivity index (χ4n) is 2.79. The van der Waals surface area contributed by atoms with Gasteiger partial charge in [0.2, 0.25) is 0 Å². The molecule has 130 valence electrons. The number of hydrogen-bond donors (Lipinski definition) is 1. The van der Waals surface area contributed by atoms with Crippen molar-refractivity contribution in [2.24, 2.45) is 13.0 Å². The lowest BCUT2D eigenvalue weighted by Crippen LogP contribution is -2.12. The molecule has 0 spiro atoms. The molecule has 0 radical (unpaired) electrons. The highest BCUT2D eigenvalue weighted by molar-refractivity contribution is 9.10. The number of rotatable bonds is 6. The van der Waals surface area contributed by atoms with Crippen LogP contribution >= 0.6 is 15.9 Å². The third kappa shape index (κ3) is 3.92. The molecule has 1 aliphatic rings. The second kappa shape index (κ2) is 7.57. The van der Waals surface area contributed by atoms with Gasteiger partial charge in [-0.15, -0.1) is 0 Å². The number of fused-ring (bicyclic) bond motifs is 1. The minimum Gasteiger partial charge on any atom is -0.492 e. The summed E-state index contributed by atoms with van der Waals surface area (Å²) >= 11 is 3.54. The van der Waals surface area contributed by atoms with Crippen molar-refractivity contribution in [2.75, 3.05) is 18.5 Å². The van der Waals surface area contributed by atoms with Crippen molar-refractivity contribution in [2.45, 2.75) is 33.4 Å². The Morgan fingerprint density at radius 1 is 1.42 bits per heavy atom. The number of hydrogen-bond acceptors (Lipinski definition) is 4. The molecule has 0 amide bonds. The molecule has 0 atom stereocenters. The van der Waals surface area contributed by atoms with Crippen LogP contribution in [0, 0.1) is 5.92 Å². The van der Waals surface area contributed by atoms with Crippen LogP contribution in [0.15, 0.2) is 22.7 Å². The van der Waals surface area contributed by atoms with Crippen molar-refractivity contribution in [3.05, 3.63) is 39.6 Å². The summed E-state index contributed by atoms with van der Waals surface area (Å²) in [6, 6.07) is 6.07. The fraction of sp³-hybridized carbons (Fsp3) is 0.500. The molecule has 2 heterocycles. The van der Waals surface area contributed by atoms with Gasteiger partial charge in [0.05, 0.1) is 36.5 Å². The maximum atomic E-state index is 5.86. The van der Waals surface area contributed by atoms with Crippen LogP contribution in [-0.2, 0) is 31.4 Å². The molecule has 0 unspecified atom stereocenters. The third-order valence-corrected chi connectivity index (χ3v) is 4.71. The highest BCUT2D eigenvalue weighted by atomic mass is 79.9. The van der Waals surface area contributed by atoms with Gasteiger partial charge in [-0.05, 0) is 34.0 Å². The quantitative estimate of drug-likeness (QED) is 0.808. The molecule has 3 rings (SSSR count). The van der Waals surface area contributed by atoms with E-state index in [1.165, 1.54) is 11.3 Å². The molecular formula is C18H24BrN3O2. The Morgan fingerprint density at radius 3 is 3.04 bits per heavy atom. The van der Waals surface area contributed by atoms with Gasteiger partial charge >= 0.3 is 0 Å². The lowest BCUT2D eigenvalue weighted by atomic mass is 10.1. The average Bonchev–Trinajstić information content (AvgIpc) is 2.89. The summed E-state index contributed by atoms with van der Waals surface area (Å²) in [6.45, 7) is 7.10. The maximum Gasteiger partial charge on any atom is 0.135 e. The number of benzene rings is 1. The van der Waals surface area contributed by atoms with Gasteiger partial charge < -0.3 is 14.8 Å². The molecule has 0 saturated heterocycles. The Hall–Kier alpha value is -1.53. The largest absolute Gasteiger partial charge is 0.492 e. The Bertz CT molecular complexity index is 713. The Morgan fingerprint density at radius 2 is 2.25 bits per heavy atom. The number of nitrogens with zero attached hydrogens (tertiary/aromatic N) is 2. The number of aryl methyl sites for hydroxylation is 1. The minimum atomic E-state index is 0.494. The topological polar surface area (TPSA) is 48.3 Å². The Kier molecular flexibility index (Phi) is 5.46. The van der Waals surface area contributed by atoms with Gasteiger partial charge in [0.1, 0.15) is 5.75 Å². The molecule has 0 fully saturated rings. The van der Waals surface area contributed by atoms with E-state index >= 15 is 0 Å². The van der Waals surface area contributed by atoms with Gasteiger partial charge in [-0.3, -0.25) is 4.68 Å². The first-order valence-electron chi connectivity index (χ1n) is 8.32. The standard InChI is InChI=1S/C18H24BrN3O2/c1-12(2)10-24-18-8-13(4-5-15(18)19)20-9-16-14-11-23-7-6-17(14)22(3)21-16/h4-5,8,12,20H,6-7,9-11H2,1-3H3. The summed E-state index contributed by atoms with van der Waals surface area (Å²) in [4.78, 5) is 0. The molecule has 6 heteroatoms. The van der Waals surface area contributed by atoms with Crippen molar-refractivity contribution in [3.63, 3.8) is 0 Å². The van der Waals surface area contributed by atoms with Crippen LogP contribution in [0.2, 0.25) is 0 Å². The maximum absolute atomic E-state index is 5.86. The highest BCUT2D eigenvalue weighted by Crippen LogP contribution is 2.29. The van der Waals surface area contributed by atoms with Gasteiger partial charge in [-0.2, -0.15) is 5.10 Å². The summed E-state index contributed by atoms with van der Waals surface area (Å²) in [5, 5.41) is 8.09. The van der Waals surface area contributed by atoms with E-state index in [1.54, 1.807) is 0 Å². The summed E-state index contributed by atoms with van der Waals surface area (Å²) in [5.41, 5.74) is 4.59. The summed E-state index contributed by atoms with van der Waals surface area (Å²) in [6.07, 6.45) is 0.935. The number of halogens is 1. The predicted octanol–water partition coefficient (Wildman–Crippen LogP) is 3.90. The molecule has 1 N–H and O–H groups in total. The van der Waals surface area contributed by atoms with Gasteiger partial charge in [0.15, 0.2) is 0 Å². The Balaban J connectivity index is 1.70. The molecule has 2 aromatic rings. The lowest BCUT2D eigenvalue weighted by molar-refractivity contribution is 0.108. The monoisotopic (exact) mass is 393 g/mol.